The fourth-order valence-corrected chi connectivity index (χ4v) is 9.86. The molecule has 0 bridgehead atoms. The number of carbonyl (C=O) groups is 2. The summed E-state index contributed by atoms with van der Waals surface area (Å²) in [7, 11) is 0. The molecule has 8 unspecified atom stereocenters. The van der Waals surface area contributed by atoms with Crippen LogP contribution in [0.5, 0.6) is 0 Å². The fraction of sp³-hybridized carbons (Fsp3) is 0.722. The standard InChI is InChI=1S/C72H123NO10/c1-4-7-10-13-16-19-22-25-27-29-31-32-33-34-35-37-39-42-45-48-51-54-57-60-67(77)83-70-69(79)68(78)66(61-74)82-72(70)81-62-63(64(75)58-55-52-49-46-43-40-24-21-18-15-12-9-6-3)73-71(80)65(76)59-56-53-50-47-44-41-38-36-30-28-26-23-20-17-14-11-8-5-2/h7,10,16-17,19-20,25-28,31-32,34-35,39,42,55,58,63-66,68-70,72,74-76,78-79H,4-6,8-9,11-15,18,21-24,29-30,33,36-38,40-41,43-54,56-57,59-62H2,1-3H3,(H,73,80)/b10-7-,19-16-,20-17-,27-25-,28-26-,32-31-,35-34-,42-39-,58-55+. The quantitative estimate of drug-likeness (QED) is 0.0195. The number of unbranched alkanes of at least 4 members (excludes halogenated alkanes) is 26. The first-order chi connectivity index (χ1) is 40.7. The number of ether oxygens (including phenoxy) is 3. The molecule has 1 aliphatic heterocycles. The van der Waals surface area contributed by atoms with Crippen LogP contribution < -0.4 is 5.32 Å². The molecule has 0 aliphatic carbocycles. The Morgan fingerprint density at radius 2 is 0.867 bits per heavy atom. The number of hydrogen-bond donors (Lipinski definition) is 6. The Balaban J connectivity index is 2.67. The minimum Gasteiger partial charge on any atom is -0.454 e. The van der Waals surface area contributed by atoms with Gasteiger partial charge in [-0.05, 0) is 109 Å². The molecule has 476 valence electrons. The summed E-state index contributed by atoms with van der Waals surface area (Å²) in [6, 6.07) is -1.04. The minimum absolute atomic E-state index is 0.0878. The first-order valence-corrected chi connectivity index (χ1v) is 33.7. The zero-order valence-corrected chi connectivity index (χ0v) is 52.8. The molecule has 0 radical (unpaired) electrons. The van der Waals surface area contributed by atoms with Crippen molar-refractivity contribution in [1.29, 1.82) is 0 Å². The predicted molar refractivity (Wildman–Crippen MR) is 347 cm³/mol. The van der Waals surface area contributed by atoms with E-state index in [2.05, 4.69) is 123 Å². The molecular weight excluding hydrogens is 1040 g/mol. The second kappa shape index (κ2) is 58.7. The first-order valence-electron chi connectivity index (χ1n) is 33.7. The highest BCUT2D eigenvalue weighted by atomic mass is 16.7. The van der Waals surface area contributed by atoms with Gasteiger partial charge in [0.25, 0.3) is 0 Å². The molecule has 11 nitrogen and oxygen atoms in total. The summed E-state index contributed by atoms with van der Waals surface area (Å²) in [5, 5.41) is 57.2. The largest absolute Gasteiger partial charge is 0.454 e. The number of esters is 1. The Morgan fingerprint density at radius 1 is 0.482 bits per heavy atom. The van der Waals surface area contributed by atoms with E-state index >= 15 is 0 Å². The molecule has 0 aromatic heterocycles. The molecule has 1 heterocycles. The van der Waals surface area contributed by atoms with Gasteiger partial charge in [0, 0.05) is 6.42 Å². The van der Waals surface area contributed by atoms with Crippen molar-refractivity contribution in [2.24, 2.45) is 0 Å². The highest BCUT2D eigenvalue weighted by Gasteiger charge is 2.47. The summed E-state index contributed by atoms with van der Waals surface area (Å²) in [5.74, 6) is -1.23. The monoisotopic (exact) mass is 1160 g/mol. The van der Waals surface area contributed by atoms with E-state index in [9.17, 15) is 35.1 Å². The molecule has 0 saturated carbocycles. The van der Waals surface area contributed by atoms with Crippen LogP contribution in [-0.2, 0) is 23.8 Å². The summed E-state index contributed by atoms with van der Waals surface area (Å²) in [6.07, 6.45) is 69.7. The minimum atomic E-state index is -1.63. The summed E-state index contributed by atoms with van der Waals surface area (Å²) >= 11 is 0. The average Bonchev–Trinajstić information content (AvgIpc) is 3.50. The van der Waals surface area contributed by atoms with E-state index in [4.69, 9.17) is 14.2 Å². The lowest BCUT2D eigenvalue weighted by Gasteiger charge is -2.41. The second-order valence-corrected chi connectivity index (χ2v) is 22.8. The van der Waals surface area contributed by atoms with Crippen LogP contribution in [0.3, 0.4) is 0 Å². The molecular formula is C72H123NO10. The van der Waals surface area contributed by atoms with Crippen LogP contribution in [0.2, 0.25) is 0 Å². The lowest BCUT2D eigenvalue weighted by molar-refractivity contribution is -0.305. The van der Waals surface area contributed by atoms with Gasteiger partial charge in [0.1, 0.15) is 24.4 Å². The van der Waals surface area contributed by atoms with Gasteiger partial charge in [-0.1, -0.05) is 265 Å². The zero-order chi connectivity index (χ0) is 60.3. The summed E-state index contributed by atoms with van der Waals surface area (Å²) in [5.41, 5.74) is 0. The number of hydrogen-bond acceptors (Lipinski definition) is 10. The van der Waals surface area contributed by atoms with E-state index in [0.717, 1.165) is 116 Å². The number of carbonyl (C=O) groups excluding carboxylic acids is 2. The van der Waals surface area contributed by atoms with Crippen LogP contribution in [0.25, 0.3) is 0 Å². The van der Waals surface area contributed by atoms with Crippen molar-refractivity contribution in [3.05, 3.63) is 109 Å². The van der Waals surface area contributed by atoms with Crippen molar-refractivity contribution in [1.82, 2.24) is 5.32 Å². The Bertz CT molecular complexity index is 1770. The van der Waals surface area contributed by atoms with E-state index in [1.165, 1.54) is 109 Å². The Kier molecular flexibility index (Phi) is 54.7. The van der Waals surface area contributed by atoms with Gasteiger partial charge in [0.2, 0.25) is 5.91 Å². The molecule has 1 aliphatic rings. The molecule has 0 spiro atoms. The Hall–Kier alpha value is -3.68. The van der Waals surface area contributed by atoms with Crippen LogP contribution in [0, 0.1) is 0 Å². The molecule has 83 heavy (non-hydrogen) atoms. The van der Waals surface area contributed by atoms with Gasteiger partial charge in [0.15, 0.2) is 12.4 Å². The maximum Gasteiger partial charge on any atom is 0.306 e. The molecule has 1 saturated heterocycles. The summed E-state index contributed by atoms with van der Waals surface area (Å²) in [6.45, 7) is 5.65. The molecule has 0 aromatic carbocycles. The molecule has 8 atom stereocenters. The predicted octanol–water partition coefficient (Wildman–Crippen LogP) is 16.8. The topological polar surface area (TPSA) is 175 Å². The van der Waals surface area contributed by atoms with Crippen LogP contribution in [0.15, 0.2) is 109 Å². The number of aliphatic hydroxyl groups is 5. The van der Waals surface area contributed by atoms with Gasteiger partial charge >= 0.3 is 5.97 Å². The molecule has 1 amide bonds. The summed E-state index contributed by atoms with van der Waals surface area (Å²) in [4.78, 5) is 26.6. The third-order valence-corrected chi connectivity index (χ3v) is 15.2. The number of rotatable bonds is 56. The molecule has 0 aromatic rings. The number of allylic oxidation sites excluding steroid dienone is 17. The van der Waals surface area contributed by atoms with E-state index in [-0.39, 0.29) is 19.4 Å². The number of amides is 1. The Labute approximate surface area is 507 Å². The van der Waals surface area contributed by atoms with Gasteiger partial charge in [-0.25, -0.2) is 0 Å². The smallest absolute Gasteiger partial charge is 0.306 e. The highest BCUT2D eigenvalue weighted by Crippen LogP contribution is 2.26. The van der Waals surface area contributed by atoms with E-state index < -0.39 is 67.4 Å². The Morgan fingerprint density at radius 3 is 1.33 bits per heavy atom. The maximum absolute atomic E-state index is 13.5. The van der Waals surface area contributed by atoms with Crippen LogP contribution in [-0.4, -0.2) is 99.6 Å². The van der Waals surface area contributed by atoms with Gasteiger partial charge in [-0.15, -0.1) is 0 Å². The lowest BCUT2D eigenvalue weighted by atomic mass is 9.99. The van der Waals surface area contributed by atoms with E-state index in [0.29, 0.717) is 12.8 Å². The highest BCUT2D eigenvalue weighted by molar-refractivity contribution is 5.80. The van der Waals surface area contributed by atoms with Crippen LogP contribution in [0.4, 0.5) is 0 Å². The van der Waals surface area contributed by atoms with Crippen molar-refractivity contribution >= 4 is 11.9 Å². The lowest BCUT2D eigenvalue weighted by Crippen LogP contribution is -2.61. The first kappa shape index (κ1) is 77.3. The van der Waals surface area contributed by atoms with Gasteiger partial charge in [-0.2, -0.15) is 0 Å². The molecule has 1 fully saturated rings. The van der Waals surface area contributed by atoms with Gasteiger partial charge in [-0.3, -0.25) is 9.59 Å². The number of aliphatic hydroxyl groups excluding tert-OH is 5. The zero-order valence-electron chi connectivity index (χ0n) is 52.8. The van der Waals surface area contributed by atoms with Crippen LogP contribution >= 0.6 is 0 Å². The van der Waals surface area contributed by atoms with Crippen LogP contribution in [0.1, 0.15) is 271 Å². The third kappa shape index (κ3) is 46.2. The second-order valence-electron chi connectivity index (χ2n) is 22.8. The normalized spacial score (nSPS) is 19.3. The average molecular weight is 1160 g/mol. The van der Waals surface area contributed by atoms with Crippen molar-refractivity contribution < 1.29 is 49.3 Å². The molecule has 11 heteroatoms. The number of nitrogens with one attached hydrogen (secondary N) is 1. The molecule has 1 rings (SSSR count). The van der Waals surface area contributed by atoms with Crippen molar-refractivity contribution in [3.63, 3.8) is 0 Å². The van der Waals surface area contributed by atoms with E-state index in [1.54, 1.807) is 6.08 Å². The summed E-state index contributed by atoms with van der Waals surface area (Å²) < 4.78 is 17.6. The van der Waals surface area contributed by atoms with Crippen molar-refractivity contribution in [3.8, 4) is 0 Å². The fourth-order valence-electron chi connectivity index (χ4n) is 9.86. The molecule has 6 N–H and O–H groups in total. The van der Waals surface area contributed by atoms with E-state index in [1.807, 2.05) is 6.08 Å². The van der Waals surface area contributed by atoms with Crippen molar-refractivity contribution in [2.45, 2.75) is 320 Å². The SMILES string of the molecule is CC/C=C\C/C=C\C/C=C\C/C=C\C/C=C\C/C=C\CCCCCCC(=O)OC1C(OCC(NC(=O)C(O)CCCCCCCCCC/C=C\C/C=C\CCCCC)C(O)/C=C/CCCCCCCCCCCCC)OC(CO)C(O)C1O. The van der Waals surface area contributed by atoms with Gasteiger partial charge < -0.3 is 45.1 Å². The third-order valence-electron chi connectivity index (χ3n) is 15.2. The maximum atomic E-state index is 13.5. The van der Waals surface area contributed by atoms with Crippen molar-refractivity contribution in [2.75, 3.05) is 13.2 Å². The van der Waals surface area contributed by atoms with Gasteiger partial charge in [0.05, 0.1) is 25.4 Å².